The molecule has 0 fully saturated rings. The largest absolute Gasteiger partial charge is 0.198 e. The molecule has 0 saturated carbocycles. The summed E-state index contributed by atoms with van der Waals surface area (Å²) in [6, 6.07) is 12.3. The SMILES string of the molecule is Brc1ccccc1.CCCC(C#N)C(C)C. The molecule has 0 radical (unpaired) electrons. The number of hydrogen-bond acceptors (Lipinski definition) is 1. The average molecular weight is 282 g/mol. The molecule has 0 spiro atoms. The lowest BCUT2D eigenvalue weighted by molar-refractivity contribution is 0.442. The lowest BCUT2D eigenvalue weighted by Gasteiger charge is -2.09. The van der Waals surface area contributed by atoms with E-state index < -0.39 is 0 Å². The number of nitriles is 1. The molecule has 1 nitrogen and oxygen atoms in total. The normalized spacial score (nSPS) is 11.2. The average Bonchev–Trinajstić information content (AvgIpc) is 2.27. The molecule has 2 heteroatoms. The van der Waals surface area contributed by atoms with Gasteiger partial charge in [-0.15, -0.1) is 0 Å². The minimum Gasteiger partial charge on any atom is -0.198 e. The van der Waals surface area contributed by atoms with E-state index >= 15 is 0 Å². The Hall–Kier alpha value is -0.810. The van der Waals surface area contributed by atoms with Crippen molar-refractivity contribution >= 4 is 15.9 Å². The van der Waals surface area contributed by atoms with Crippen molar-refractivity contribution in [2.75, 3.05) is 0 Å². The van der Waals surface area contributed by atoms with E-state index in [1.54, 1.807) is 0 Å². The Kier molecular flexibility index (Phi) is 8.94. The third-order valence-electron chi connectivity index (χ3n) is 2.30. The Balaban J connectivity index is 0.000000288. The highest BCUT2D eigenvalue weighted by molar-refractivity contribution is 9.10. The summed E-state index contributed by atoms with van der Waals surface area (Å²) in [7, 11) is 0. The van der Waals surface area contributed by atoms with Crippen molar-refractivity contribution in [3.63, 3.8) is 0 Å². The van der Waals surface area contributed by atoms with E-state index in [4.69, 9.17) is 5.26 Å². The van der Waals surface area contributed by atoms with Crippen LogP contribution in [0.2, 0.25) is 0 Å². The number of nitrogens with zero attached hydrogens (tertiary/aromatic N) is 1. The van der Waals surface area contributed by atoms with Gasteiger partial charge in [-0.05, 0) is 24.5 Å². The molecule has 1 aromatic carbocycles. The Bertz CT molecular complexity index is 300. The maximum atomic E-state index is 8.58. The second-order valence-electron chi connectivity index (χ2n) is 4.06. The summed E-state index contributed by atoms with van der Waals surface area (Å²) >= 11 is 3.31. The first-order valence-corrected chi connectivity index (χ1v) is 6.51. The van der Waals surface area contributed by atoms with Crippen LogP contribution in [0.5, 0.6) is 0 Å². The first-order valence-electron chi connectivity index (χ1n) is 5.72. The van der Waals surface area contributed by atoms with Crippen LogP contribution in [0.25, 0.3) is 0 Å². The summed E-state index contributed by atoms with van der Waals surface area (Å²) in [6.45, 7) is 6.32. The molecule has 0 N–H and O–H groups in total. The summed E-state index contributed by atoms with van der Waals surface area (Å²) in [5.41, 5.74) is 0. The number of hydrogen-bond donors (Lipinski definition) is 0. The number of halogens is 1. The van der Waals surface area contributed by atoms with Crippen LogP contribution in [0.3, 0.4) is 0 Å². The molecule has 0 amide bonds. The molecular formula is C14H20BrN. The van der Waals surface area contributed by atoms with E-state index in [1.165, 1.54) is 0 Å². The molecule has 0 aliphatic rings. The first kappa shape index (κ1) is 15.2. The van der Waals surface area contributed by atoms with E-state index in [9.17, 15) is 0 Å². The van der Waals surface area contributed by atoms with Gasteiger partial charge in [-0.2, -0.15) is 5.26 Å². The second kappa shape index (κ2) is 9.42. The number of benzene rings is 1. The quantitative estimate of drug-likeness (QED) is 0.762. The van der Waals surface area contributed by atoms with Crippen molar-refractivity contribution in [3.8, 4) is 6.07 Å². The highest BCUT2D eigenvalue weighted by Gasteiger charge is 2.09. The van der Waals surface area contributed by atoms with Crippen LogP contribution in [-0.2, 0) is 0 Å². The van der Waals surface area contributed by atoms with Crippen LogP contribution < -0.4 is 0 Å². The molecule has 88 valence electrons. The molecule has 0 aliphatic heterocycles. The summed E-state index contributed by atoms with van der Waals surface area (Å²) in [4.78, 5) is 0. The molecule has 16 heavy (non-hydrogen) atoms. The van der Waals surface area contributed by atoms with Crippen LogP contribution in [0.4, 0.5) is 0 Å². The van der Waals surface area contributed by atoms with Gasteiger partial charge in [-0.1, -0.05) is 61.3 Å². The molecule has 1 rings (SSSR count). The van der Waals surface area contributed by atoms with Gasteiger partial charge in [0.1, 0.15) is 0 Å². The van der Waals surface area contributed by atoms with Gasteiger partial charge >= 0.3 is 0 Å². The highest BCUT2D eigenvalue weighted by atomic mass is 79.9. The maximum absolute atomic E-state index is 8.58. The van der Waals surface area contributed by atoms with E-state index in [2.05, 4.69) is 42.8 Å². The van der Waals surface area contributed by atoms with Crippen LogP contribution in [0, 0.1) is 23.2 Å². The van der Waals surface area contributed by atoms with Gasteiger partial charge in [0.25, 0.3) is 0 Å². The van der Waals surface area contributed by atoms with Gasteiger partial charge in [0.05, 0.1) is 6.07 Å². The Labute approximate surface area is 108 Å². The molecule has 0 bridgehead atoms. The summed E-state index contributed by atoms with van der Waals surface area (Å²) in [6.07, 6.45) is 2.17. The molecule has 0 saturated heterocycles. The van der Waals surface area contributed by atoms with Gasteiger partial charge in [0, 0.05) is 10.4 Å². The Morgan fingerprint density at radius 3 is 2.00 bits per heavy atom. The zero-order valence-electron chi connectivity index (χ0n) is 10.3. The van der Waals surface area contributed by atoms with Crippen molar-refractivity contribution in [3.05, 3.63) is 34.8 Å². The highest BCUT2D eigenvalue weighted by Crippen LogP contribution is 2.14. The number of rotatable bonds is 3. The zero-order valence-corrected chi connectivity index (χ0v) is 11.9. The fourth-order valence-electron chi connectivity index (χ4n) is 1.27. The predicted molar refractivity (Wildman–Crippen MR) is 73.0 cm³/mol. The fourth-order valence-corrected chi connectivity index (χ4v) is 1.58. The lowest BCUT2D eigenvalue weighted by Crippen LogP contribution is -2.04. The zero-order chi connectivity index (χ0) is 12.4. The van der Waals surface area contributed by atoms with Gasteiger partial charge in [-0.25, -0.2) is 0 Å². The lowest BCUT2D eigenvalue weighted by atomic mass is 9.93. The topological polar surface area (TPSA) is 23.8 Å². The molecule has 1 aromatic rings. The van der Waals surface area contributed by atoms with Gasteiger partial charge in [0.2, 0.25) is 0 Å². The summed E-state index contributed by atoms with van der Waals surface area (Å²) in [5.74, 6) is 0.796. The molecule has 0 aromatic heterocycles. The predicted octanol–water partition coefficient (Wildman–Crippen LogP) is 5.03. The van der Waals surface area contributed by atoms with Crippen molar-refractivity contribution in [1.82, 2.24) is 0 Å². The van der Waals surface area contributed by atoms with E-state index in [-0.39, 0.29) is 5.92 Å². The van der Waals surface area contributed by atoms with Crippen LogP contribution in [0.15, 0.2) is 34.8 Å². The molecule has 0 aliphatic carbocycles. The van der Waals surface area contributed by atoms with Crippen LogP contribution in [0.1, 0.15) is 33.6 Å². The molecular weight excluding hydrogens is 262 g/mol. The van der Waals surface area contributed by atoms with E-state index in [0.29, 0.717) is 5.92 Å². The van der Waals surface area contributed by atoms with Gasteiger partial charge in [-0.3, -0.25) is 0 Å². The maximum Gasteiger partial charge on any atom is 0.0658 e. The molecule has 1 atom stereocenters. The third kappa shape index (κ3) is 7.48. The van der Waals surface area contributed by atoms with Crippen LogP contribution in [-0.4, -0.2) is 0 Å². The third-order valence-corrected chi connectivity index (χ3v) is 2.83. The minimum absolute atomic E-state index is 0.273. The van der Waals surface area contributed by atoms with Gasteiger partial charge in [0.15, 0.2) is 0 Å². The second-order valence-corrected chi connectivity index (χ2v) is 4.98. The summed E-state index contributed by atoms with van der Waals surface area (Å²) < 4.78 is 1.13. The molecule has 0 heterocycles. The van der Waals surface area contributed by atoms with Gasteiger partial charge < -0.3 is 0 Å². The minimum atomic E-state index is 0.273. The monoisotopic (exact) mass is 281 g/mol. The van der Waals surface area contributed by atoms with E-state index in [0.717, 1.165) is 17.3 Å². The van der Waals surface area contributed by atoms with Crippen molar-refractivity contribution < 1.29 is 0 Å². The fraction of sp³-hybridized carbons (Fsp3) is 0.500. The van der Waals surface area contributed by atoms with Crippen molar-refractivity contribution in [2.24, 2.45) is 11.8 Å². The Morgan fingerprint density at radius 2 is 1.81 bits per heavy atom. The first-order chi connectivity index (χ1) is 7.61. The van der Waals surface area contributed by atoms with Crippen molar-refractivity contribution in [2.45, 2.75) is 33.6 Å². The summed E-state index contributed by atoms with van der Waals surface area (Å²) in [5, 5.41) is 8.58. The smallest absolute Gasteiger partial charge is 0.0658 e. The molecule has 1 unspecified atom stereocenters. The standard InChI is InChI=1S/C8H15N.C6H5Br/c1-4-5-8(6-9)7(2)3;7-6-4-2-1-3-5-6/h7-8H,4-5H2,1-3H3;1-5H. The van der Waals surface area contributed by atoms with E-state index in [1.807, 2.05) is 30.3 Å². The van der Waals surface area contributed by atoms with Crippen LogP contribution >= 0.6 is 15.9 Å². The Morgan fingerprint density at radius 1 is 1.25 bits per heavy atom. The van der Waals surface area contributed by atoms with Crippen molar-refractivity contribution in [1.29, 1.82) is 5.26 Å².